The highest BCUT2D eigenvalue weighted by atomic mass is 32.2. The van der Waals surface area contributed by atoms with Crippen molar-refractivity contribution < 1.29 is 18.5 Å². The monoisotopic (exact) mass is 452 g/mol. The lowest BCUT2D eigenvalue weighted by Crippen LogP contribution is -2.19. The molecule has 0 saturated heterocycles. The summed E-state index contributed by atoms with van der Waals surface area (Å²) in [6, 6.07) is 0.200. The van der Waals surface area contributed by atoms with Crippen molar-refractivity contribution in [2.75, 3.05) is 5.32 Å². The Morgan fingerprint density at radius 1 is 1.40 bits per heavy atom. The number of nitrogens with one attached hydrogen (secondary N) is 1. The average molecular weight is 453 g/mol. The third kappa shape index (κ3) is 3.77. The number of nitrogens with zero attached hydrogens (tertiary/aromatic N) is 2. The van der Waals surface area contributed by atoms with E-state index in [-0.39, 0.29) is 9.09 Å². The van der Waals surface area contributed by atoms with Crippen LogP contribution in [-0.2, 0) is 34.8 Å². The van der Waals surface area contributed by atoms with Gasteiger partial charge in [0.2, 0.25) is 0 Å². The largest absolute Gasteiger partial charge is 0.385 e. The van der Waals surface area contributed by atoms with Crippen LogP contribution in [-0.4, -0.2) is 20.3 Å². The van der Waals surface area contributed by atoms with Crippen molar-refractivity contribution in [1.29, 1.82) is 0 Å². The first-order valence-electron chi connectivity index (χ1n) is 9.90. The minimum absolute atomic E-state index is 0.252. The molecule has 0 radical (unpaired) electrons. The lowest BCUT2D eigenvalue weighted by Gasteiger charge is -2.15. The second-order valence-electron chi connectivity index (χ2n) is 8.46. The topological polar surface area (TPSA) is 118 Å². The Hall–Kier alpha value is -1.88. The van der Waals surface area contributed by atoms with Gasteiger partial charge in [-0.25, -0.2) is 18.5 Å². The SMILES string of the molecule is C[C@H]1CCc2c1nc1c(c2NC(=O)N=[S@](N)(=O)c2sc(C(C)(C)O)cc2F)CCC1. The predicted molar refractivity (Wildman–Crippen MR) is 115 cm³/mol. The van der Waals surface area contributed by atoms with Crippen LogP contribution in [0.4, 0.5) is 14.9 Å². The van der Waals surface area contributed by atoms with Gasteiger partial charge in [-0.15, -0.1) is 15.7 Å². The van der Waals surface area contributed by atoms with Crippen LogP contribution in [0.3, 0.4) is 0 Å². The Morgan fingerprint density at radius 3 is 2.80 bits per heavy atom. The molecule has 2 aromatic rings. The maximum atomic E-state index is 14.4. The van der Waals surface area contributed by atoms with Crippen molar-refractivity contribution >= 4 is 33.0 Å². The number of fused-ring (bicyclic) bond motifs is 2. The van der Waals surface area contributed by atoms with Crippen LogP contribution in [0.2, 0.25) is 0 Å². The van der Waals surface area contributed by atoms with E-state index < -0.39 is 27.4 Å². The zero-order chi connectivity index (χ0) is 21.8. The standard InChI is InChI=1S/C20H25FN4O3S2/c1-10-7-8-12-16(10)23-14-6-4-5-11(14)17(12)24-19(26)25-30(22,28)18-13(21)9-15(29-18)20(2,3)27/h9-10,27H,4-8H2,1-3H3,(H3,22,23,24,25,26,28)/t10-,30-/m0/s1. The molecule has 0 aromatic carbocycles. The summed E-state index contributed by atoms with van der Waals surface area (Å²) in [6.07, 6.45) is 4.40. The van der Waals surface area contributed by atoms with E-state index in [0.717, 1.165) is 72.0 Å². The van der Waals surface area contributed by atoms with Crippen LogP contribution in [0.25, 0.3) is 0 Å². The highest BCUT2D eigenvalue weighted by molar-refractivity contribution is 7.93. The van der Waals surface area contributed by atoms with Crippen LogP contribution in [0.15, 0.2) is 14.6 Å². The molecule has 2 aliphatic carbocycles. The number of urea groups is 1. The number of halogens is 1. The number of aromatic nitrogens is 1. The number of amides is 2. The summed E-state index contributed by atoms with van der Waals surface area (Å²) < 4.78 is 30.5. The molecular weight excluding hydrogens is 427 g/mol. The number of hydrogen-bond acceptors (Lipinski definition) is 5. The molecule has 0 spiro atoms. The number of aryl methyl sites for hydroxylation is 1. The number of rotatable bonds is 3. The van der Waals surface area contributed by atoms with E-state index in [1.54, 1.807) is 0 Å². The van der Waals surface area contributed by atoms with Gasteiger partial charge in [0.15, 0.2) is 19.9 Å². The van der Waals surface area contributed by atoms with Crippen molar-refractivity contribution in [1.82, 2.24) is 4.98 Å². The quantitative estimate of drug-likeness (QED) is 0.653. The maximum Gasteiger partial charge on any atom is 0.354 e. The minimum Gasteiger partial charge on any atom is -0.385 e. The molecule has 0 bridgehead atoms. The number of thiophene rings is 1. The molecule has 0 aliphatic heterocycles. The molecule has 2 amide bonds. The Kier molecular flexibility index (Phi) is 5.24. The molecule has 10 heteroatoms. The normalized spacial score (nSPS) is 19.9. The minimum atomic E-state index is -3.81. The molecule has 7 nitrogen and oxygen atoms in total. The van der Waals surface area contributed by atoms with E-state index >= 15 is 0 Å². The fourth-order valence-corrected chi connectivity index (χ4v) is 6.44. The molecule has 2 aliphatic rings. The van der Waals surface area contributed by atoms with Crippen LogP contribution in [0.5, 0.6) is 0 Å². The summed E-state index contributed by atoms with van der Waals surface area (Å²) >= 11 is 0.753. The van der Waals surface area contributed by atoms with Gasteiger partial charge in [0.25, 0.3) is 0 Å². The van der Waals surface area contributed by atoms with Gasteiger partial charge in [0.05, 0.1) is 11.3 Å². The average Bonchev–Trinajstić information content (AvgIpc) is 3.33. The number of pyridine rings is 1. The van der Waals surface area contributed by atoms with Gasteiger partial charge in [0.1, 0.15) is 0 Å². The highest BCUT2D eigenvalue weighted by Gasteiger charge is 2.30. The molecule has 162 valence electrons. The summed E-state index contributed by atoms with van der Waals surface area (Å²) in [5, 5.41) is 18.6. The van der Waals surface area contributed by atoms with Gasteiger partial charge >= 0.3 is 6.03 Å². The molecule has 4 N–H and O–H groups in total. The van der Waals surface area contributed by atoms with Crippen molar-refractivity contribution in [3.8, 4) is 0 Å². The second kappa shape index (κ2) is 7.37. The maximum absolute atomic E-state index is 14.4. The van der Waals surface area contributed by atoms with E-state index in [1.165, 1.54) is 13.8 Å². The third-order valence-corrected chi connectivity index (χ3v) is 8.97. The zero-order valence-electron chi connectivity index (χ0n) is 17.1. The molecule has 2 atom stereocenters. The Morgan fingerprint density at radius 2 is 2.13 bits per heavy atom. The van der Waals surface area contributed by atoms with Crippen LogP contribution < -0.4 is 10.5 Å². The first-order valence-corrected chi connectivity index (χ1v) is 12.3. The van der Waals surface area contributed by atoms with Crippen molar-refractivity contribution in [2.24, 2.45) is 9.50 Å². The molecular formula is C20H25FN4O3S2. The third-order valence-electron chi connectivity index (χ3n) is 5.63. The highest BCUT2D eigenvalue weighted by Crippen LogP contribution is 2.41. The molecule has 2 heterocycles. The van der Waals surface area contributed by atoms with Gasteiger partial charge in [-0.3, -0.25) is 4.98 Å². The number of nitrogens with two attached hydrogens (primary N) is 1. The van der Waals surface area contributed by atoms with Gasteiger partial charge in [-0.05, 0) is 69.1 Å². The van der Waals surface area contributed by atoms with E-state index in [4.69, 9.17) is 10.1 Å². The summed E-state index contributed by atoms with van der Waals surface area (Å²) in [5.41, 5.74) is 3.37. The van der Waals surface area contributed by atoms with Gasteiger partial charge < -0.3 is 10.4 Å². The molecule has 30 heavy (non-hydrogen) atoms. The van der Waals surface area contributed by atoms with E-state index in [0.29, 0.717) is 11.6 Å². The Bertz CT molecular complexity index is 1160. The number of hydrogen-bond donors (Lipinski definition) is 3. The Labute approximate surface area is 179 Å². The second-order valence-corrected chi connectivity index (χ2v) is 11.5. The number of aliphatic hydroxyl groups is 1. The summed E-state index contributed by atoms with van der Waals surface area (Å²) in [4.78, 5) is 17.7. The van der Waals surface area contributed by atoms with Gasteiger partial charge in [0, 0.05) is 16.3 Å². The van der Waals surface area contributed by atoms with Crippen molar-refractivity contribution in [3.05, 3.63) is 39.3 Å². The van der Waals surface area contributed by atoms with E-state index in [2.05, 4.69) is 16.6 Å². The number of anilines is 1. The summed E-state index contributed by atoms with van der Waals surface area (Å²) in [5.74, 6) is -0.529. The predicted octanol–water partition coefficient (Wildman–Crippen LogP) is 3.98. The van der Waals surface area contributed by atoms with Gasteiger partial charge in [-0.1, -0.05) is 6.92 Å². The van der Waals surface area contributed by atoms with Crippen molar-refractivity contribution in [2.45, 2.75) is 68.6 Å². The lowest BCUT2D eigenvalue weighted by molar-refractivity contribution is 0.0823. The van der Waals surface area contributed by atoms with E-state index in [1.807, 2.05) is 0 Å². The molecule has 4 rings (SSSR count). The first-order chi connectivity index (χ1) is 14.0. The van der Waals surface area contributed by atoms with Crippen LogP contribution in [0.1, 0.15) is 66.9 Å². The number of carbonyl (C=O) groups excluding carboxylic acids is 1. The lowest BCUT2D eigenvalue weighted by atomic mass is 10.0. The number of carbonyl (C=O) groups is 1. The Balaban J connectivity index is 1.69. The zero-order valence-corrected chi connectivity index (χ0v) is 18.8. The van der Waals surface area contributed by atoms with E-state index in [9.17, 15) is 18.5 Å². The summed E-state index contributed by atoms with van der Waals surface area (Å²) in [7, 11) is -3.81. The fourth-order valence-electron chi connectivity index (χ4n) is 4.10. The first kappa shape index (κ1) is 21.4. The van der Waals surface area contributed by atoms with Crippen LogP contribution in [0, 0.1) is 5.82 Å². The fraction of sp³-hybridized carbons (Fsp3) is 0.500. The summed E-state index contributed by atoms with van der Waals surface area (Å²) in [6.45, 7) is 5.08. The molecule has 0 saturated carbocycles. The molecule has 0 fully saturated rings. The van der Waals surface area contributed by atoms with Gasteiger partial charge in [-0.2, -0.15) is 0 Å². The van der Waals surface area contributed by atoms with Crippen molar-refractivity contribution in [3.63, 3.8) is 0 Å². The molecule has 0 unspecified atom stereocenters. The van der Waals surface area contributed by atoms with Crippen LogP contribution >= 0.6 is 11.3 Å². The molecule has 2 aromatic heterocycles. The smallest absolute Gasteiger partial charge is 0.354 e.